The fourth-order valence-electron chi connectivity index (χ4n) is 1.86. The summed E-state index contributed by atoms with van der Waals surface area (Å²) in [7, 11) is 0. The molecule has 108 valence electrons. The largest absolute Gasteiger partial charge is 0.396 e. The molecule has 3 atom stereocenters. The van der Waals surface area contributed by atoms with Crippen molar-refractivity contribution in [3.8, 4) is 0 Å². The molecule has 0 saturated heterocycles. The van der Waals surface area contributed by atoms with E-state index in [4.69, 9.17) is 9.63 Å². The third kappa shape index (κ3) is 4.06. The summed E-state index contributed by atoms with van der Waals surface area (Å²) in [4.78, 5) is 12.1. The van der Waals surface area contributed by atoms with Gasteiger partial charge in [-0.2, -0.15) is 0 Å². The molecule has 0 bridgehead atoms. The van der Waals surface area contributed by atoms with E-state index >= 15 is 0 Å². The van der Waals surface area contributed by atoms with E-state index < -0.39 is 0 Å². The molecule has 1 aromatic rings. The van der Waals surface area contributed by atoms with Crippen LogP contribution in [0.2, 0.25) is 0 Å². The average Bonchev–Trinajstić information content (AvgIpc) is 2.69. The summed E-state index contributed by atoms with van der Waals surface area (Å²) < 4.78 is 5.10. The molecule has 5 nitrogen and oxygen atoms in total. The Balaban J connectivity index is 2.59. The lowest BCUT2D eigenvalue weighted by Crippen LogP contribution is -2.41. The van der Waals surface area contributed by atoms with Gasteiger partial charge < -0.3 is 14.9 Å². The Morgan fingerprint density at radius 3 is 2.47 bits per heavy atom. The van der Waals surface area contributed by atoms with Crippen LogP contribution in [-0.4, -0.2) is 28.8 Å². The molecule has 0 aliphatic rings. The molecule has 0 saturated carbocycles. The molecule has 1 aromatic heterocycles. The van der Waals surface area contributed by atoms with Crippen molar-refractivity contribution in [2.45, 2.75) is 47.1 Å². The minimum Gasteiger partial charge on any atom is -0.396 e. The number of hydrogen-bond donors (Lipinski definition) is 2. The zero-order chi connectivity index (χ0) is 14.6. The van der Waals surface area contributed by atoms with Crippen LogP contribution in [0.15, 0.2) is 4.52 Å². The Hall–Kier alpha value is -1.36. The second kappa shape index (κ2) is 6.70. The Morgan fingerprint density at radius 1 is 1.37 bits per heavy atom. The van der Waals surface area contributed by atoms with E-state index in [9.17, 15) is 4.79 Å². The van der Waals surface area contributed by atoms with E-state index in [1.54, 1.807) is 0 Å². The number of nitrogens with zero attached hydrogens (tertiary/aromatic N) is 1. The quantitative estimate of drug-likeness (QED) is 0.821. The van der Waals surface area contributed by atoms with Gasteiger partial charge in [-0.1, -0.05) is 19.0 Å². The molecule has 0 fully saturated rings. The Bertz CT molecular complexity index is 409. The second-order valence-corrected chi connectivity index (χ2v) is 5.37. The van der Waals surface area contributed by atoms with Crippen molar-refractivity contribution < 1.29 is 14.4 Å². The van der Waals surface area contributed by atoms with Gasteiger partial charge >= 0.3 is 0 Å². The van der Waals surface area contributed by atoms with Gasteiger partial charge in [0.25, 0.3) is 0 Å². The summed E-state index contributed by atoms with van der Waals surface area (Å²) in [6, 6.07) is -0.0374. The topological polar surface area (TPSA) is 75.4 Å². The van der Waals surface area contributed by atoms with Crippen molar-refractivity contribution in [3.63, 3.8) is 0 Å². The van der Waals surface area contributed by atoms with Gasteiger partial charge in [-0.25, -0.2) is 0 Å². The maximum Gasteiger partial charge on any atom is 0.223 e. The average molecular weight is 268 g/mol. The number of hydrogen-bond acceptors (Lipinski definition) is 4. The highest BCUT2D eigenvalue weighted by molar-refractivity contribution is 5.78. The summed E-state index contributed by atoms with van der Waals surface area (Å²) in [5.41, 5.74) is 1.85. The molecule has 1 rings (SSSR count). The minimum absolute atomic E-state index is 0.00667. The third-order valence-electron chi connectivity index (χ3n) is 3.65. The van der Waals surface area contributed by atoms with Crippen LogP contribution >= 0.6 is 0 Å². The van der Waals surface area contributed by atoms with Crippen molar-refractivity contribution in [3.05, 3.63) is 17.0 Å². The van der Waals surface area contributed by atoms with Crippen LogP contribution < -0.4 is 5.32 Å². The van der Waals surface area contributed by atoms with Crippen LogP contribution in [0.1, 0.15) is 37.8 Å². The molecular formula is C14H24N2O3. The molecule has 1 amide bonds. The first-order valence-electron chi connectivity index (χ1n) is 6.69. The number of aliphatic hydroxyl groups is 1. The summed E-state index contributed by atoms with van der Waals surface area (Å²) in [6.45, 7) is 9.51. The van der Waals surface area contributed by atoms with Gasteiger partial charge in [-0.15, -0.1) is 0 Å². The molecule has 0 aliphatic heterocycles. The minimum atomic E-state index is -0.148. The summed E-state index contributed by atoms with van der Waals surface area (Å²) in [5.74, 6) is 0.669. The van der Waals surface area contributed by atoms with Gasteiger partial charge in [0.1, 0.15) is 5.76 Å². The van der Waals surface area contributed by atoms with Gasteiger partial charge in [0, 0.05) is 24.1 Å². The van der Waals surface area contributed by atoms with E-state index in [2.05, 4.69) is 10.5 Å². The molecular weight excluding hydrogens is 244 g/mol. The van der Waals surface area contributed by atoms with Crippen LogP contribution in [0, 0.1) is 25.7 Å². The smallest absolute Gasteiger partial charge is 0.223 e. The van der Waals surface area contributed by atoms with Gasteiger partial charge in [-0.3, -0.25) is 4.79 Å². The summed E-state index contributed by atoms with van der Waals surface area (Å²) in [6.07, 6.45) is 0.618. The summed E-state index contributed by atoms with van der Waals surface area (Å²) in [5, 5.41) is 15.9. The number of nitrogens with one attached hydrogen (secondary N) is 1. The number of aliphatic hydroxyl groups excluding tert-OH is 1. The standard InChI is InChI=1S/C14H24N2O3/c1-8(6-13-11(4)16-19-12(13)5)14(18)15-10(3)9(2)7-17/h8-10,17H,6-7H2,1-5H3,(H,15,18). The van der Waals surface area contributed by atoms with E-state index in [0.29, 0.717) is 6.42 Å². The first kappa shape index (κ1) is 15.7. The maximum atomic E-state index is 12.1. The molecule has 2 N–H and O–H groups in total. The van der Waals surface area contributed by atoms with Crippen molar-refractivity contribution in [1.82, 2.24) is 10.5 Å². The lowest BCUT2D eigenvalue weighted by atomic mass is 9.97. The predicted molar refractivity (Wildman–Crippen MR) is 72.7 cm³/mol. The monoisotopic (exact) mass is 268 g/mol. The van der Waals surface area contributed by atoms with Crippen molar-refractivity contribution in [2.24, 2.45) is 11.8 Å². The number of aryl methyl sites for hydroxylation is 2. The highest BCUT2D eigenvalue weighted by atomic mass is 16.5. The van der Waals surface area contributed by atoms with Gasteiger partial charge in [0.05, 0.1) is 5.69 Å². The lowest BCUT2D eigenvalue weighted by molar-refractivity contribution is -0.125. The van der Waals surface area contributed by atoms with Crippen LogP contribution in [0.25, 0.3) is 0 Å². The van der Waals surface area contributed by atoms with Crippen LogP contribution in [0.5, 0.6) is 0 Å². The van der Waals surface area contributed by atoms with Crippen LogP contribution in [0.3, 0.4) is 0 Å². The molecule has 0 spiro atoms. The number of rotatable bonds is 6. The normalized spacial score (nSPS) is 15.9. The highest BCUT2D eigenvalue weighted by Crippen LogP contribution is 2.17. The lowest BCUT2D eigenvalue weighted by Gasteiger charge is -2.21. The van der Waals surface area contributed by atoms with Gasteiger partial charge in [0.2, 0.25) is 5.91 Å². The first-order chi connectivity index (χ1) is 8.86. The number of amides is 1. The van der Waals surface area contributed by atoms with E-state index in [0.717, 1.165) is 17.0 Å². The fraction of sp³-hybridized carbons (Fsp3) is 0.714. The van der Waals surface area contributed by atoms with E-state index in [1.807, 2.05) is 34.6 Å². The number of carbonyl (C=O) groups is 1. The second-order valence-electron chi connectivity index (χ2n) is 5.37. The summed E-state index contributed by atoms with van der Waals surface area (Å²) >= 11 is 0. The van der Waals surface area contributed by atoms with E-state index in [1.165, 1.54) is 0 Å². The maximum absolute atomic E-state index is 12.1. The molecule has 19 heavy (non-hydrogen) atoms. The van der Waals surface area contributed by atoms with Crippen LogP contribution in [-0.2, 0) is 11.2 Å². The third-order valence-corrected chi connectivity index (χ3v) is 3.65. The Kier molecular flexibility index (Phi) is 5.54. The Labute approximate surface area is 114 Å². The van der Waals surface area contributed by atoms with Gasteiger partial charge in [-0.05, 0) is 33.1 Å². The van der Waals surface area contributed by atoms with Crippen molar-refractivity contribution >= 4 is 5.91 Å². The first-order valence-corrected chi connectivity index (χ1v) is 6.69. The fourth-order valence-corrected chi connectivity index (χ4v) is 1.86. The van der Waals surface area contributed by atoms with Gasteiger partial charge in [0.15, 0.2) is 0 Å². The molecule has 3 unspecified atom stereocenters. The Morgan fingerprint density at radius 2 is 2.00 bits per heavy atom. The molecule has 1 heterocycles. The molecule has 0 radical (unpaired) electrons. The van der Waals surface area contributed by atoms with Crippen molar-refractivity contribution in [2.75, 3.05) is 6.61 Å². The zero-order valence-electron chi connectivity index (χ0n) is 12.4. The van der Waals surface area contributed by atoms with E-state index in [-0.39, 0.29) is 30.4 Å². The van der Waals surface area contributed by atoms with Crippen LogP contribution in [0.4, 0.5) is 0 Å². The number of carbonyl (C=O) groups excluding carboxylic acids is 1. The van der Waals surface area contributed by atoms with Crippen molar-refractivity contribution in [1.29, 1.82) is 0 Å². The molecule has 0 aliphatic carbocycles. The predicted octanol–water partition coefficient (Wildman–Crippen LogP) is 1.60. The zero-order valence-corrected chi connectivity index (χ0v) is 12.4. The number of aromatic nitrogens is 1. The SMILES string of the molecule is Cc1noc(C)c1CC(C)C(=O)NC(C)C(C)CO. The highest BCUT2D eigenvalue weighted by Gasteiger charge is 2.21. The molecule has 0 aromatic carbocycles. The molecule has 5 heteroatoms.